The highest BCUT2D eigenvalue weighted by Gasteiger charge is 2.18. The second kappa shape index (κ2) is 7.97. The molecule has 29 heavy (non-hydrogen) atoms. The maximum Gasteiger partial charge on any atom is 0.276 e. The molecule has 4 rings (SSSR count). The molecule has 0 unspecified atom stereocenters. The monoisotopic (exact) mass is 411 g/mol. The Bertz CT molecular complexity index is 1130. The van der Waals surface area contributed by atoms with Crippen LogP contribution in [0.1, 0.15) is 21.7 Å². The Morgan fingerprint density at radius 1 is 1.17 bits per heavy atom. The third kappa shape index (κ3) is 3.95. The maximum atomic E-state index is 12.6. The Balaban J connectivity index is 1.56. The molecule has 148 valence electrons. The van der Waals surface area contributed by atoms with E-state index in [9.17, 15) is 9.59 Å². The van der Waals surface area contributed by atoms with E-state index < -0.39 is 11.3 Å². The van der Waals surface area contributed by atoms with Gasteiger partial charge in [-0.1, -0.05) is 29.8 Å². The van der Waals surface area contributed by atoms with Crippen LogP contribution in [0.25, 0.3) is 5.69 Å². The smallest absolute Gasteiger partial charge is 0.276 e. The summed E-state index contributed by atoms with van der Waals surface area (Å²) in [5.41, 5.74) is 1.51. The van der Waals surface area contributed by atoms with Gasteiger partial charge in [0.05, 0.1) is 10.7 Å². The molecule has 8 heteroatoms. The highest BCUT2D eigenvalue weighted by atomic mass is 35.5. The van der Waals surface area contributed by atoms with Gasteiger partial charge < -0.3 is 14.8 Å². The molecular weight excluding hydrogens is 394 g/mol. The molecule has 2 heterocycles. The quantitative estimate of drug-likeness (QED) is 0.713. The number of benzene rings is 2. The van der Waals surface area contributed by atoms with Gasteiger partial charge in [0.2, 0.25) is 5.43 Å². The van der Waals surface area contributed by atoms with Crippen molar-refractivity contribution in [1.82, 2.24) is 15.1 Å². The zero-order valence-corrected chi connectivity index (χ0v) is 16.4. The minimum absolute atomic E-state index is 0.162. The zero-order chi connectivity index (χ0) is 20.4. The molecule has 0 fully saturated rings. The lowest BCUT2D eigenvalue weighted by Gasteiger charge is -2.20. The molecule has 3 aromatic rings. The number of carbonyl (C=O) groups is 1. The molecule has 0 atom stereocenters. The number of para-hydroxylation sites is 1. The molecule has 1 aromatic heterocycles. The number of aryl methyl sites for hydroxylation is 1. The fourth-order valence-electron chi connectivity index (χ4n) is 3.07. The van der Waals surface area contributed by atoms with E-state index in [0.29, 0.717) is 35.4 Å². The summed E-state index contributed by atoms with van der Waals surface area (Å²) in [4.78, 5) is 25.0. The second-order valence-corrected chi connectivity index (χ2v) is 6.94. The first-order valence-electron chi connectivity index (χ1n) is 9.05. The molecule has 2 aromatic carbocycles. The molecule has 1 N–H and O–H groups in total. The first kappa shape index (κ1) is 19.0. The van der Waals surface area contributed by atoms with Gasteiger partial charge in [0.25, 0.3) is 5.91 Å². The maximum absolute atomic E-state index is 12.6. The third-order valence-corrected chi connectivity index (χ3v) is 4.71. The van der Waals surface area contributed by atoms with Gasteiger partial charge in [-0.05, 0) is 36.8 Å². The number of fused-ring (bicyclic) bond motifs is 1. The van der Waals surface area contributed by atoms with Crippen molar-refractivity contribution in [3.8, 4) is 17.2 Å². The number of nitrogens with zero attached hydrogens (tertiary/aromatic N) is 2. The van der Waals surface area contributed by atoms with Crippen molar-refractivity contribution in [2.75, 3.05) is 13.2 Å². The molecule has 1 amide bonds. The molecule has 1 aliphatic rings. The van der Waals surface area contributed by atoms with Crippen molar-refractivity contribution in [3.63, 3.8) is 0 Å². The lowest BCUT2D eigenvalue weighted by molar-refractivity contribution is 0.0943. The van der Waals surface area contributed by atoms with Crippen LogP contribution in [0.15, 0.2) is 53.3 Å². The van der Waals surface area contributed by atoms with E-state index in [4.69, 9.17) is 21.1 Å². The Kier molecular flexibility index (Phi) is 5.22. The van der Waals surface area contributed by atoms with Gasteiger partial charge in [-0.15, -0.1) is 0 Å². The lowest BCUT2D eigenvalue weighted by Crippen LogP contribution is -2.31. The van der Waals surface area contributed by atoms with Crippen molar-refractivity contribution in [2.24, 2.45) is 0 Å². The Morgan fingerprint density at radius 2 is 1.93 bits per heavy atom. The van der Waals surface area contributed by atoms with Crippen LogP contribution in [0.3, 0.4) is 0 Å². The number of rotatable bonds is 4. The average Bonchev–Trinajstić information content (AvgIpc) is 2.73. The summed E-state index contributed by atoms with van der Waals surface area (Å²) in [6, 6.07) is 14.2. The molecule has 0 saturated heterocycles. The van der Waals surface area contributed by atoms with Crippen LogP contribution >= 0.6 is 11.6 Å². The number of amides is 1. The van der Waals surface area contributed by atoms with Gasteiger partial charge in [-0.3, -0.25) is 9.59 Å². The highest BCUT2D eigenvalue weighted by molar-refractivity contribution is 6.32. The van der Waals surface area contributed by atoms with E-state index in [1.807, 2.05) is 30.3 Å². The van der Waals surface area contributed by atoms with E-state index in [2.05, 4.69) is 10.4 Å². The van der Waals surface area contributed by atoms with Crippen LogP contribution in [-0.4, -0.2) is 28.9 Å². The second-order valence-electron chi connectivity index (χ2n) is 6.53. The van der Waals surface area contributed by atoms with Gasteiger partial charge >= 0.3 is 0 Å². The van der Waals surface area contributed by atoms with Crippen LogP contribution in [0.5, 0.6) is 11.5 Å². The van der Waals surface area contributed by atoms with Crippen molar-refractivity contribution in [2.45, 2.75) is 13.5 Å². The summed E-state index contributed by atoms with van der Waals surface area (Å²) < 4.78 is 12.6. The van der Waals surface area contributed by atoms with Crippen molar-refractivity contribution < 1.29 is 14.3 Å². The van der Waals surface area contributed by atoms with E-state index in [1.165, 1.54) is 6.07 Å². The standard InChI is InChI=1S/C21H18ClN3O4/c1-13-9-17(26)19(24-25(13)15-5-3-2-4-6-15)21(27)23-12-14-10-16(22)20-18(11-14)28-7-8-29-20/h2-6,9-11H,7-8,12H2,1H3,(H,23,27). The van der Waals surface area contributed by atoms with Crippen LogP contribution in [-0.2, 0) is 6.54 Å². The van der Waals surface area contributed by atoms with Gasteiger partial charge in [0.15, 0.2) is 17.2 Å². The molecule has 7 nitrogen and oxygen atoms in total. The zero-order valence-electron chi connectivity index (χ0n) is 15.6. The number of aromatic nitrogens is 2. The minimum Gasteiger partial charge on any atom is -0.486 e. The van der Waals surface area contributed by atoms with Gasteiger partial charge in [0.1, 0.15) is 13.2 Å². The number of hydrogen-bond acceptors (Lipinski definition) is 5. The summed E-state index contributed by atoms with van der Waals surface area (Å²) in [7, 11) is 0. The lowest BCUT2D eigenvalue weighted by atomic mass is 10.2. The van der Waals surface area contributed by atoms with Crippen LogP contribution in [0.4, 0.5) is 0 Å². The van der Waals surface area contributed by atoms with Crippen LogP contribution in [0.2, 0.25) is 5.02 Å². The van der Waals surface area contributed by atoms with E-state index >= 15 is 0 Å². The molecule has 1 aliphatic heterocycles. The highest BCUT2D eigenvalue weighted by Crippen LogP contribution is 2.38. The Labute approximate surface area is 171 Å². The first-order valence-corrected chi connectivity index (χ1v) is 9.43. The number of carbonyl (C=O) groups excluding carboxylic acids is 1. The van der Waals surface area contributed by atoms with Gasteiger partial charge in [-0.2, -0.15) is 5.10 Å². The van der Waals surface area contributed by atoms with E-state index in [-0.39, 0.29) is 12.2 Å². The number of hydrogen-bond donors (Lipinski definition) is 1. The molecule has 0 bridgehead atoms. The molecular formula is C21H18ClN3O4. The van der Waals surface area contributed by atoms with Crippen LogP contribution in [0, 0.1) is 6.92 Å². The molecule has 0 aliphatic carbocycles. The van der Waals surface area contributed by atoms with Crippen LogP contribution < -0.4 is 20.2 Å². The average molecular weight is 412 g/mol. The number of ether oxygens (including phenoxy) is 2. The Morgan fingerprint density at radius 3 is 2.72 bits per heavy atom. The van der Waals surface area contributed by atoms with Crippen molar-refractivity contribution in [3.05, 3.63) is 80.7 Å². The van der Waals surface area contributed by atoms with E-state index in [0.717, 1.165) is 11.3 Å². The SMILES string of the molecule is Cc1cc(=O)c(C(=O)NCc2cc(Cl)c3c(c2)OCCO3)nn1-c1ccccc1. The fourth-order valence-corrected chi connectivity index (χ4v) is 3.36. The fraction of sp³-hybridized carbons (Fsp3) is 0.190. The first-order chi connectivity index (χ1) is 14.0. The number of nitrogens with one attached hydrogen (secondary N) is 1. The van der Waals surface area contributed by atoms with Crippen molar-refractivity contribution >= 4 is 17.5 Å². The predicted molar refractivity (Wildman–Crippen MR) is 108 cm³/mol. The Hall–Kier alpha value is -3.32. The summed E-state index contributed by atoms with van der Waals surface area (Å²) in [6.45, 7) is 2.80. The molecule has 0 radical (unpaired) electrons. The number of halogens is 1. The summed E-state index contributed by atoms with van der Waals surface area (Å²) in [5, 5.41) is 7.39. The van der Waals surface area contributed by atoms with Gasteiger partial charge in [-0.25, -0.2) is 4.68 Å². The summed E-state index contributed by atoms with van der Waals surface area (Å²) in [6.07, 6.45) is 0. The summed E-state index contributed by atoms with van der Waals surface area (Å²) in [5.74, 6) is 0.470. The van der Waals surface area contributed by atoms with E-state index in [1.54, 1.807) is 23.7 Å². The molecule has 0 saturated carbocycles. The normalized spacial score (nSPS) is 12.5. The minimum atomic E-state index is -0.564. The summed E-state index contributed by atoms with van der Waals surface area (Å²) >= 11 is 6.23. The third-order valence-electron chi connectivity index (χ3n) is 4.43. The largest absolute Gasteiger partial charge is 0.486 e. The predicted octanol–water partition coefficient (Wildman–Crippen LogP) is 2.90. The van der Waals surface area contributed by atoms with Gasteiger partial charge in [0, 0.05) is 18.3 Å². The molecule has 0 spiro atoms. The topological polar surface area (TPSA) is 82.5 Å². The van der Waals surface area contributed by atoms with Crippen molar-refractivity contribution in [1.29, 1.82) is 0 Å².